The number of carbonyl (C=O) groups excluding carboxylic acids is 1. The van der Waals surface area contributed by atoms with Crippen LogP contribution in [-0.4, -0.2) is 66.2 Å². The Hall–Kier alpha value is -0.990. The second-order valence-electron chi connectivity index (χ2n) is 16.2. The topological polar surface area (TPSA) is 94.5 Å². The Morgan fingerprint density at radius 3 is 2.43 bits per heavy atom. The molecule has 12 atom stereocenters. The molecule has 0 spiro atoms. The molecule has 240 valence electrons. The van der Waals surface area contributed by atoms with Gasteiger partial charge in [0.1, 0.15) is 12.2 Å². The molecule has 3 saturated carbocycles. The van der Waals surface area contributed by atoms with Crippen LogP contribution in [0.1, 0.15) is 107 Å². The van der Waals surface area contributed by atoms with Crippen LogP contribution in [0.15, 0.2) is 11.6 Å². The third kappa shape index (κ3) is 4.66. The minimum Gasteiger partial charge on any atom is -0.462 e. The molecule has 4 aliphatic carbocycles. The fourth-order valence-corrected chi connectivity index (χ4v) is 11.2. The molecular formula is C35H58O7. The molecule has 7 nitrogen and oxygen atoms in total. The Balaban J connectivity index is 1.43. The average Bonchev–Trinajstić information content (AvgIpc) is 3.48. The van der Waals surface area contributed by atoms with Crippen molar-refractivity contribution in [3.05, 3.63) is 11.6 Å². The normalized spacial score (nSPS) is 47.2. The van der Waals surface area contributed by atoms with Crippen LogP contribution in [0.4, 0.5) is 0 Å². The van der Waals surface area contributed by atoms with Crippen LogP contribution in [0.3, 0.4) is 0 Å². The highest BCUT2D eigenvalue weighted by Gasteiger charge is 2.69. The fourth-order valence-electron chi connectivity index (χ4n) is 11.2. The maximum absolute atomic E-state index is 12.2. The zero-order chi connectivity index (χ0) is 31.0. The molecule has 0 bridgehead atoms. The van der Waals surface area contributed by atoms with E-state index in [9.17, 15) is 15.0 Å². The molecule has 0 aromatic heterocycles. The van der Waals surface area contributed by atoms with E-state index < -0.39 is 17.8 Å². The summed E-state index contributed by atoms with van der Waals surface area (Å²) < 4.78 is 24.1. The van der Waals surface area contributed by atoms with E-state index in [0.29, 0.717) is 18.4 Å². The zero-order valence-electron chi connectivity index (χ0n) is 27.9. The van der Waals surface area contributed by atoms with Gasteiger partial charge in [-0.05, 0) is 94.3 Å². The van der Waals surface area contributed by atoms with E-state index in [2.05, 4.69) is 40.7 Å². The van der Waals surface area contributed by atoms with Gasteiger partial charge >= 0.3 is 5.97 Å². The summed E-state index contributed by atoms with van der Waals surface area (Å²) in [5.41, 5.74) is 0.186. The maximum atomic E-state index is 12.2. The van der Waals surface area contributed by atoms with Crippen molar-refractivity contribution in [3.63, 3.8) is 0 Å². The Morgan fingerprint density at radius 1 is 1.12 bits per heavy atom. The predicted octanol–water partition coefficient (Wildman–Crippen LogP) is 6.05. The largest absolute Gasteiger partial charge is 0.462 e. The maximum Gasteiger partial charge on any atom is 0.302 e. The van der Waals surface area contributed by atoms with Gasteiger partial charge in [0.05, 0.1) is 17.8 Å². The molecule has 0 aromatic carbocycles. The van der Waals surface area contributed by atoms with Crippen molar-refractivity contribution in [1.82, 2.24) is 0 Å². The van der Waals surface area contributed by atoms with Crippen LogP contribution in [-0.2, 0) is 23.7 Å². The molecule has 7 heteroatoms. The number of allylic oxidation sites excluding steroid dienone is 1. The molecule has 0 aromatic rings. The number of hydrogen-bond donors (Lipinski definition) is 2. The predicted molar refractivity (Wildman–Crippen MR) is 161 cm³/mol. The standard InChI is InChI=1S/C35H58O7/c1-11-40-30-21(18-23(42-30)29(38)32(5,6)39-10)22-12-13-24-33(22,7)16-14-25-34(8)17-15-28(41-20(2)36)31(3,4)26(34)19-27(37)35(24,25)9/h13,21-23,25-30,37-38H,11-12,14-19H2,1-10H3. The molecule has 12 unspecified atom stereocenters. The number of esters is 1. The summed E-state index contributed by atoms with van der Waals surface area (Å²) in [4.78, 5) is 12.0. The van der Waals surface area contributed by atoms with Crippen LogP contribution in [0.25, 0.3) is 0 Å². The lowest BCUT2D eigenvalue weighted by Gasteiger charge is -2.68. The van der Waals surface area contributed by atoms with Crippen molar-refractivity contribution in [2.75, 3.05) is 13.7 Å². The van der Waals surface area contributed by atoms with Gasteiger partial charge in [-0.2, -0.15) is 0 Å². The highest BCUT2D eigenvalue weighted by molar-refractivity contribution is 5.66. The van der Waals surface area contributed by atoms with E-state index >= 15 is 0 Å². The highest BCUT2D eigenvalue weighted by Crippen LogP contribution is 2.73. The van der Waals surface area contributed by atoms with Crippen LogP contribution in [0, 0.1) is 45.3 Å². The molecule has 2 N–H and O–H groups in total. The number of aliphatic hydroxyl groups excluding tert-OH is 2. The first-order valence-corrected chi connectivity index (χ1v) is 16.5. The number of hydrogen-bond acceptors (Lipinski definition) is 7. The molecule has 5 aliphatic rings. The monoisotopic (exact) mass is 590 g/mol. The van der Waals surface area contributed by atoms with Gasteiger partial charge in [0, 0.05) is 37.4 Å². The summed E-state index contributed by atoms with van der Waals surface area (Å²) in [6, 6.07) is 0. The lowest BCUT2D eigenvalue weighted by molar-refractivity contribution is -0.221. The van der Waals surface area contributed by atoms with Crippen LogP contribution in [0.5, 0.6) is 0 Å². The quantitative estimate of drug-likeness (QED) is 0.275. The second-order valence-corrected chi connectivity index (χ2v) is 16.2. The van der Waals surface area contributed by atoms with Gasteiger partial charge in [-0.15, -0.1) is 0 Å². The average molecular weight is 591 g/mol. The molecule has 0 amide bonds. The lowest BCUT2D eigenvalue weighted by Crippen LogP contribution is -2.65. The Labute approximate surface area is 254 Å². The van der Waals surface area contributed by atoms with Crippen LogP contribution in [0.2, 0.25) is 0 Å². The summed E-state index contributed by atoms with van der Waals surface area (Å²) in [6.45, 7) is 19.6. The molecule has 4 fully saturated rings. The third-order valence-corrected chi connectivity index (χ3v) is 13.6. The van der Waals surface area contributed by atoms with Crippen molar-refractivity contribution < 1.29 is 34.0 Å². The Bertz CT molecular complexity index is 1070. The summed E-state index contributed by atoms with van der Waals surface area (Å²) in [5.74, 6) is 0.886. The molecule has 42 heavy (non-hydrogen) atoms. The molecule has 1 heterocycles. The van der Waals surface area contributed by atoms with Gasteiger partial charge < -0.3 is 29.2 Å². The summed E-state index contributed by atoms with van der Waals surface area (Å²) >= 11 is 0. The van der Waals surface area contributed by atoms with Gasteiger partial charge in [0.15, 0.2) is 6.29 Å². The molecule has 0 radical (unpaired) electrons. The van der Waals surface area contributed by atoms with E-state index in [1.54, 1.807) is 7.11 Å². The molecule has 5 rings (SSSR count). The zero-order valence-corrected chi connectivity index (χ0v) is 27.9. The summed E-state index contributed by atoms with van der Waals surface area (Å²) in [5, 5.41) is 23.4. The number of carbonyl (C=O) groups is 1. The highest BCUT2D eigenvalue weighted by atomic mass is 16.7. The molecule has 1 aliphatic heterocycles. The first-order chi connectivity index (χ1) is 19.5. The first-order valence-electron chi connectivity index (χ1n) is 16.5. The minimum absolute atomic E-state index is 0.0552. The van der Waals surface area contributed by atoms with Gasteiger partial charge in [0.25, 0.3) is 0 Å². The number of methoxy groups -OCH3 is 1. The van der Waals surface area contributed by atoms with Gasteiger partial charge in [-0.1, -0.05) is 46.3 Å². The Morgan fingerprint density at radius 2 is 1.81 bits per heavy atom. The molecule has 1 saturated heterocycles. The van der Waals surface area contributed by atoms with Crippen molar-refractivity contribution in [3.8, 4) is 0 Å². The van der Waals surface area contributed by atoms with E-state index in [4.69, 9.17) is 18.9 Å². The van der Waals surface area contributed by atoms with Crippen molar-refractivity contribution >= 4 is 5.97 Å². The van der Waals surface area contributed by atoms with Crippen molar-refractivity contribution in [2.45, 2.75) is 144 Å². The number of rotatable bonds is 7. The summed E-state index contributed by atoms with van der Waals surface area (Å²) in [7, 11) is 1.63. The van der Waals surface area contributed by atoms with E-state index in [1.165, 1.54) is 12.5 Å². The third-order valence-electron chi connectivity index (χ3n) is 13.6. The van der Waals surface area contributed by atoms with E-state index in [1.807, 2.05) is 20.8 Å². The van der Waals surface area contributed by atoms with Crippen molar-refractivity contribution in [1.29, 1.82) is 0 Å². The number of aliphatic hydroxyl groups is 2. The van der Waals surface area contributed by atoms with E-state index in [-0.39, 0.29) is 58.0 Å². The van der Waals surface area contributed by atoms with Crippen molar-refractivity contribution in [2.24, 2.45) is 45.3 Å². The summed E-state index contributed by atoms with van der Waals surface area (Å²) in [6.07, 6.45) is 6.83. The minimum atomic E-state index is -0.757. The van der Waals surface area contributed by atoms with Crippen LogP contribution < -0.4 is 0 Å². The lowest BCUT2D eigenvalue weighted by atomic mass is 9.37. The smallest absolute Gasteiger partial charge is 0.302 e. The van der Waals surface area contributed by atoms with Gasteiger partial charge in [0.2, 0.25) is 0 Å². The van der Waals surface area contributed by atoms with E-state index in [0.717, 1.165) is 44.9 Å². The number of fused-ring (bicyclic) bond motifs is 5. The van der Waals surface area contributed by atoms with Crippen LogP contribution >= 0.6 is 0 Å². The molecular weight excluding hydrogens is 532 g/mol. The fraction of sp³-hybridized carbons (Fsp3) is 0.914. The second kappa shape index (κ2) is 10.8. The number of ether oxygens (including phenoxy) is 4. The SMILES string of the molecule is CCOC1OC(C(O)C(C)(C)OC)CC1C1CC=C2C1(C)CCC1C3(C)CCC(OC(C)=O)C(C)(C)C3CC(O)C21C. The first kappa shape index (κ1) is 32.4. The van der Waals surface area contributed by atoms with Gasteiger partial charge in [-0.25, -0.2) is 0 Å². The van der Waals surface area contributed by atoms with Gasteiger partial charge in [-0.3, -0.25) is 4.79 Å². The Kier molecular flexibility index (Phi) is 8.35.